The molecule has 0 spiro atoms. The fourth-order valence-electron chi connectivity index (χ4n) is 5.70. The van der Waals surface area contributed by atoms with E-state index in [0.29, 0.717) is 0 Å². The van der Waals surface area contributed by atoms with Crippen LogP contribution in [0.15, 0.2) is 7.57 Å². The van der Waals surface area contributed by atoms with Crippen molar-refractivity contribution in [1.29, 1.82) is 0 Å². The van der Waals surface area contributed by atoms with E-state index in [4.69, 9.17) is 9.97 Å². The molecule has 0 saturated carbocycles. The lowest BCUT2D eigenvalue weighted by Crippen LogP contribution is -1.88. The quantitative estimate of drug-likeness (QED) is 0.0662. The Kier molecular flexibility index (Phi) is 17.3. The largest absolute Gasteiger partial charge is 0.239 e. The third-order valence-electron chi connectivity index (χ3n) is 8.34. The lowest BCUT2D eigenvalue weighted by atomic mass is 10.1. The highest BCUT2D eigenvalue weighted by atomic mass is 79.9. The highest BCUT2D eigenvalue weighted by molar-refractivity contribution is 9.11. The van der Waals surface area contributed by atoms with E-state index in [1.807, 2.05) is 0 Å². The summed E-state index contributed by atoms with van der Waals surface area (Å²) >= 11 is 14.4. The second-order valence-electron chi connectivity index (χ2n) is 12.1. The fourth-order valence-corrected chi connectivity index (χ4v) is 11.1. The van der Waals surface area contributed by atoms with E-state index in [0.717, 1.165) is 41.7 Å². The van der Waals surface area contributed by atoms with Gasteiger partial charge in [-0.1, -0.05) is 134 Å². The van der Waals surface area contributed by atoms with Crippen LogP contribution in [-0.4, -0.2) is 19.6 Å². The first-order chi connectivity index (χ1) is 21.6. The molecule has 0 unspecified atom stereocenters. The van der Waals surface area contributed by atoms with E-state index in [1.54, 1.807) is 34.0 Å². The number of hydrogen-bond donors (Lipinski definition) is 0. The van der Waals surface area contributed by atoms with Gasteiger partial charge in [-0.3, -0.25) is 0 Å². The highest BCUT2D eigenvalue weighted by Gasteiger charge is 2.24. The van der Waals surface area contributed by atoms with Crippen molar-refractivity contribution >= 4 is 87.6 Å². The average molecular weight is 803 g/mol. The van der Waals surface area contributed by atoms with Gasteiger partial charge < -0.3 is 0 Å². The molecule has 4 rings (SSSR count). The number of unbranched alkanes of at least 4 members (excludes halogenated alkanes) is 18. The number of thiophene rings is 1. The molecule has 4 aromatic heterocycles. The third kappa shape index (κ3) is 11.5. The molecule has 0 radical (unpaired) electrons. The van der Waals surface area contributed by atoms with Crippen molar-refractivity contribution in [2.24, 2.45) is 0 Å². The zero-order valence-corrected chi connectivity index (χ0v) is 33.2. The molecule has 0 bridgehead atoms. The maximum atomic E-state index is 5.11. The van der Waals surface area contributed by atoms with Gasteiger partial charge in [0, 0.05) is 0 Å². The standard InChI is InChI=1S/C34H50Br2N4S4/c1-3-5-7-9-11-13-15-17-19-21-23-25-31(35)42-33(37-25)29-27-28(44-40-39-27)30(41-29)34-38-26(32(36)43-34)24-22-20-18-16-14-12-10-8-6-4-2/h3-24H2,1-2H3. The predicted molar refractivity (Wildman–Crippen MR) is 204 cm³/mol. The SMILES string of the molecule is CCCCCCCCCCCCc1nc(-c2sc(-c3nc(CCCCCCCCCCCC)c(Br)s3)c3snnc23)sc1Br. The molecule has 0 aromatic carbocycles. The summed E-state index contributed by atoms with van der Waals surface area (Å²) < 4.78 is 7.79. The van der Waals surface area contributed by atoms with E-state index in [-0.39, 0.29) is 0 Å². The Bertz CT molecular complexity index is 1260. The number of aromatic nitrogens is 4. The van der Waals surface area contributed by atoms with Crippen molar-refractivity contribution in [1.82, 2.24) is 19.6 Å². The molecule has 0 saturated heterocycles. The lowest BCUT2D eigenvalue weighted by molar-refractivity contribution is 0.555. The Balaban J connectivity index is 1.27. The summed E-state index contributed by atoms with van der Waals surface area (Å²) in [6, 6.07) is 0. The van der Waals surface area contributed by atoms with E-state index >= 15 is 0 Å². The Morgan fingerprint density at radius 1 is 0.500 bits per heavy atom. The van der Waals surface area contributed by atoms with Crippen molar-refractivity contribution in [2.45, 2.75) is 155 Å². The second kappa shape index (κ2) is 20.9. The molecule has 44 heavy (non-hydrogen) atoms. The number of thiazole rings is 2. The summed E-state index contributed by atoms with van der Waals surface area (Å²) in [4.78, 5) is 12.5. The Hall–Kier alpha value is -0.260. The Morgan fingerprint density at radius 3 is 1.36 bits per heavy atom. The summed E-state index contributed by atoms with van der Waals surface area (Å²) in [5, 5.41) is 6.66. The molecular formula is C34H50Br2N4S4. The number of halogens is 2. The summed E-state index contributed by atoms with van der Waals surface area (Å²) in [6.45, 7) is 4.57. The van der Waals surface area contributed by atoms with Gasteiger partial charge in [-0.05, 0) is 69.1 Å². The molecule has 0 fully saturated rings. The van der Waals surface area contributed by atoms with E-state index in [1.165, 1.54) is 160 Å². The molecule has 0 amide bonds. The van der Waals surface area contributed by atoms with Crippen LogP contribution in [0.3, 0.4) is 0 Å². The summed E-state index contributed by atoms with van der Waals surface area (Å²) in [5.41, 5.74) is 3.36. The lowest BCUT2D eigenvalue weighted by Gasteiger charge is -2.02. The number of aryl methyl sites for hydroxylation is 2. The van der Waals surface area contributed by atoms with Crippen LogP contribution < -0.4 is 0 Å². The van der Waals surface area contributed by atoms with E-state index < -0.39 is 0 Å². The van der Waals surface area contributed by atoms with Crippen LogP contribution in [0, 0.1) is 0 Å². The zero-order chi connectivity index (χ0) is 31.0. The number of rotatable bonds is 24. The van der Waals surface area contributed by atoms with Gasteiger partial charge in [0.1, 0.15) is 15.5 Å². The number of hydrogen-bond acceptors (Lipinski definition) is 8. The summed E-state index contributed by atoms with van der Waals surface area (Å²) in [6.07, 6.45) is 29.2. The van der Waals surface area contributed by atoms with Crippen molar-refractivity contribution < 1.29 is 0 Å². The molecule has 0 atom stereocenters. The predicted octanol–water partition coefficient (Wildman–Crippen LogP) is 14.5. The molecular weight excluding hydrogens is 752 g/mol. The Morgan fingerprint density at radius 2 is 0.909 bits per heavy atom. The number of fused-ring (bicyclic) bond motifs is 1. The number of nitrogens with zero attached hydrogens (tertiary/aromatic N) is 4. The zero-order valence-electron chi connectivity index (χ0n) is 26.7. The molecule has 4 heterocycles. The molecule has 0 aliphatic heterocycles. The first-order valence-electron chi connectivity index (χ1n) is 17.2. The second-order valence-corrected chi connectivity index (χ2v) is 18.5. The van der Waals surface area contributed by atoms with Crippen LogP contribution >= 0.6 is 77.4 Å². The van der Waals surface area contributed by atoms with Crippen molar-refractivity contribution in [3.63, 3.8) is 0 Å². The smallest absolute Gasteiger partial charge is 0.137 e. The maximum Gasteiger partial charge on any atom is 0.137 e. The minimum Gasteiger partial charge on any atom is -0.239 e. The molecule has 4 aromatic rings. The molecule has 0 aliphatic rings. The molecule has 244 valence electrons. The fraction of sp³-hybridized carbons (Fsp3) is 0.706. The molecule has 0 N–H and O–H groups in total. The van der Waals surface area contributed by atoms with Gasteiger partial charge >= 0.3 is 0 Å². The summed E-state index contributed by atoms with van der Waals surface area (Å²) in [7, 11) is 0. The van der Waals surface area contributed by atoms with Crippen molar-refractivity contribution in [3.8, 4) is 19.8 Å². The maximum absolute atomic E-state index is 5.11. The van der Waals surface area contributed by atoms with Crippen LogP contribution in [-0.2, 0) is 12.8 Å². The average Bonchev–Trinajstić information content (AvgIpc) is 3.80. The van der Waals surface area contributed by atoms with E-state index in [2.05, 4.69) is 55.3 Å². The summed E-state index contributed by atoms with van der Waals surface area (Å²) in [5.74, 6) is 0. The third-order valence-corrected chi connectivity index (χ3v) is 14.4. The van der Waals surface area contributed by atoms with Crippen LogP contribution in [0.25, 0.3) is 30.0 Å². The molecule has 0 aliphatic carbocycles. The van der Waals surface area contributed by atoms with Gasteiger partial charge in [-0.25, -0.2) is 9.97 Å². The van der Waals surface area contributed by atoms with Gasteiger partial charge in [0.25, 0.3) is 0 Å². The van der Waals surface area contributed by atoms with Gasteiger partial charge in [0.05, 0.1) is 33.4 Å². The van der Waals surface area contributed by atoms with Gasteiger partial charge in [0.15, 0.2) is 0 Å². The topological polar surface area (TPSA) is 51.6 Å². The minimum absolute atomic E-state index is 0.976. The van der Waals surface area contributed by atoms with Crippen LogP contribution in [0.5, 0.6) is 0 Å². The van der Waals surface area contributed by atoms with Gasteiger partial charge in [0.2, 0.25) is 0 Å². The molecule has 4 nitrogen and oxygen atoms in total. The van der Waals surface area contributed by atoms with E-state index in [9.17, 15) is 0 Å². The van der Waals surface area contributed by atoms with Crippen LogP contribution in [0.2, 0.25) is 0 Å². The van der Waals surface area contributed by atoms with Gasteiger partial charge in [-0.2, -0.15) is 0 Å². The molecule has 10 heteroatoms. The Labute approximate surface area is 298 Å². The minimum atomic E-state index is 0.976. The monoisotopic (exact) mass is 800 g/mol. The highest BCUT2D eigenvalue weighted by Crippen LogP contribution is 2.48. The van der Waals surface area contributed by atoms with Crippen molar-refractivity contribution in [3.05, 3.63) is 19.0 Å². The van der Waals surface area contributed by atoms with Crippen molar-refractivity contribution in [2.75, 3.05) is 0 Å². The first kappa shape index (κ1) is 36.6. The normalized spacial score (nSPS) is 11.8. The first-order valence-corrected chi connectivity index (χ1v) is 22.0. The van der Waals surface area contributed by atoms with Gasteiger partial charge in [-0.15, -0.1) is 39.1 Å². The van der Waals surface area contributed by atoms with Crippen LogP contribution in [0.1, 0.15) is 154 Å². The van der Waals surface area contributed by atoms with Crippen LogP contribution in [0.4, 0.5) is 0 Å².